The molecular formula is C16H23NO3. The fraction of sp³-hybridized carbons (Fsp3) is 0.625. The van der Waals surface area contributed by atoms with Crippen LogP contribution in [0.1, 0.15) is 31.4 Å². The molecule has 20 heavy (non-hydrogen) atoms. The Bertz CT molecular complexity index is 463. The molecule has 0 saturated carbocycles. The Balaban J connectivity index is 1.66. The molecular weight excluding hydrogens is 254 g/mol. The molecule has 1 aromatic rings. The second-order valence-electron chi connectivity index (χ2n) is 5.93. The molecule has 1 aromatic carbocycles. The molecule has 0 unspecified atom stereocenters. The van der Waals surface area contributed by atoms with Crippen LogP contribution in [0.5, 0.6) is 11.5 Å². The predicted octanol–water partition coefficient (Wildman–Crippen LogP) is 2.22. The molecule has 0 radical (unpaired) electrons. The Morgan fingerprint density at radius 1 is 1.30 bits per heavy atom. The van der Waals surface area contributed by atoms with Gasteiger partial charge in [0.25, 0.3) is 0 Å². The topological polar surface area (TPSA) is 41.9 Å². The smallest absolute Gasteiger partial charge is 0.161 e. The number of fused-ring (bicyclic) bond motifs is 1. The molecule has 0 aliphatic carbocycles. The lowest BCUT2D eigenvalue weighted by atomic mass is 9.99. The van der Waals surface area contributed by atoms with Crippen LogP contribution in [0.25, 0.3) is 0 Å². The first-order chi connectivity index (χ1) is 9.72. The van der Waals surface area contributed by atoms with Gasteiger partial charge < -0.3 is 19.5 Å². The normalized spacial score (nSPS) is 24.4. The van der Waals surface area contributed by atoms with Crippen molar-refractivity contribution in [3.05, 3.63) is 23.8 Å². The lowest BCUT2D eigenvalue weighted by Crippen LogP contribution is -2.37. The summed E-state index contributed by atoms with van der Waals surface area (Å²) < 4.78 is 11.1. The van der Waals surface area contributed by atoms with Gasteiger partial charge in [-0.15, -0.1) is 0 Å². The van der Waals surface area contributed by atoms with Crippen molar-refractivity contribution in [3.63, 3.8) is 0 Å². The first-order valence-electron chi connectivity index (χ1n) is 7.52. The van der Waals surface area contributed by atoms with E-state index in [0.29, 0.717) is 19.8 Å². The van der Waals surface area contributed by atoms with Crippen LogP contribution < -0.4 is 9.47 Å². The largest absolute Gasteiger partial charge is 0.486 e. The molecule has 3 rings (SSSR count). The molecule has 2 aliphatic rings. The van der Waals surface area contributed by atoms with Gasteiger partial charge in [0.1, 0.15) is 13.2 Å². The highest BCUT2D eigenvalue weighted by atomic mass is 16.6. The Morgan fingerprint density at radius 2 is 2.10 bits per heavy atom. The van der Waals surface area contributed by atoms with Crippen LogP contribution in [0.2, 0.25) is 0 Å². The van der Waals surface area contributed by atoms with Crippen molar-refractivity contribution < 1.29 is 14.6 Å². The lowest BCUT2D eigenvalue weighted by molar-refractivity contribution is 0.0870. The number of rotatable bonds is 3. The SMILES string of the molecule is C[C@H]1CCCN(C[C@@H](O)c2ccc3c(c2)OCCO3)C1. The maximum absolute atomic E-state index is 10.4. The summed E-state index contributed by atoms with van der Waals surface area (Å²) in [6, 6.07) is 5.74. The van der Waals surface area contributed by atoms with Crippen LogP contribution in [-0.4, -0.2) is 42.9 Å². The average Bonchev–Trinajstić information content (AvgIpc) is 2.47. The average molecular weight is 277 g/mol. The van der Waals surface area contributed by atoms with E-state index in [2.05, 4.69) is 11.8 Å². The standard InChI is InChI=1S/C16H23NO3/c1-12-3-2-6-17(10-12)11-14(18)13-4-5-15-16(9-13)20-8-7-19-15/h4-5,9,12,14,18H,2-3,6-8,10-11H2,1H3/t12-,14+/m0/s1. The maximum Gasteiger partial charge on any atom is 0.161 e. The highest BCUT2D eigenvalue weighted by Gasteiger charge is 2.21. The third-order valence-corrected chi connectivity index (χ3v) is 4.12. The fourth-order valence-corrected chi connectivity index (χ4v) is 3.07. The van der Waals surface area contributed by atoms with Gasteiger partial charge in [0.05, 0.1) is 6.10 Å². The number of hydrogen-bond acceptors (Lipinski definition) is 4. The summed E-state index contributed by atoms with van der Waals surface area (Å²) in [5, 5.41) is 10.4. The molecule has 110 valence electrons. The van der Waals surface area contributed by atoms with Crippen molar-refractivity contribution in [2.24, 2.45) is 5.92 Å². The summed E-state index contributed by atoms with van der Waals surface area (Å²) >= 11 is 0. The van der Waals surface area contributed by atoms with Gasteiger partial charge in [0, 0.05) is 13.1 Å². The zero-order valence-corrected chi connectivity index (χ0v) is 12.0. The minimum absolute atomic E-state index is 0.462. The van der Waals surface area contributed by atoms with Crippen LogP contribution in [0.4, 0.5) is 0 Å². The number of aliphatic hydroxyl groups excluding tert-OH is 1. The van der Waals surface area contributed by atoms with Crippen molar-refractivity contribution in [3.8, 4) is 11.5 Å². The summed E-state index contributed by atoms with van der Waals surface area (Å²) in [6.45, 7) is 6.33. The number of β-amino-alcohol motifs (C(OH)–C–C–N with tert-alkyl or cyclic N) is 1. The van der Waals surface area contributed by atoms with Crippen molar-refractivity contribution >= 4 is 0 Å². The molecule has 2 heterocycles. The van der Waals surface area contributed by atoms with E-state index < -0.39 is 6.10 Å². The van der Waals surface area contributed by atoms with Gasteiger partial charge in [-0.2, -0.15) is 0 Å². The van der Waals surface area contributed by atoms with E-state index in [-0.39, 0.29) is 0 Å². The van der Waals surface area contributed by atoms with Gasteiger partial charge in [-0.1, -0.05) is 13.0 Å². The number of piperidine rings is 1. The number of nitrogens with zero attached hydrogens (tertiary/aromatic N) is 1. The van der Waals surface area contributed by atoms with Crippen LogP contribution in [0.3, 0.4) is 0 Å². The van der Waals surface area contributed by atoms with Crippen molar-refractivity contribution in [2.75, 3.05) is 32.8 Å². The van der Waals surface area contributed by atoms with Gasteiger partial charge >= 0.3 is 0 Å². The molecule has 4 nitrogen and oxygen atoms in total. The molecule has 0 aromatic heterocycles. The van der Waals surface area contributed by atoms with Crippen LogP contribution in [-0.2, 0) is 0 Å². The molecule has 4 heteroatoms. The second-order valence-corrected chi connectivity index (χ2v) is 5.93. The number of ether oxygens (including phenoxy) is 2. The number of likely N-dealkylation sites (tertiary alicyclic amines) is 1. The minimum Gasteiger partial charge on any atom is -0.486 e. The first kappa shape index (κ1) is 13.7. The molecule has 0 amide bonds. The minimum atomic E-state index is -0.462. The third kappa shape index (κ3) is 3.07. The molecule has 1 N–H and O–H groups in total. The summed E-state index contributed by atoms with van der Waals surface area (Å²) in [5.41, 5.74) is 0.910. The Morgan fingerprint density at radius 3 is 2.90 bits per heavy atom. The fourth-order valence-electron chi connectivity index (χ4n) is 3.07. The monoisotopic (exact) mass is 277 g/mol. The van der Waals surface area contributed by atoms with E-state index in [4.69, 9.17) is 9.47 Å². The molecule has 0 bridgehead atoms. The van der Waals surface area contributed by atoms with E-state index in [1.54, 1.807) is 0 Å². The van der Waals surface area contributed by atoms with Crippen molar-refractivity contribution in [1.82, 2.24) is 4.90 Å². The summed E-state index contributed by atoms with van der Waals surface area (Å²) in [6.07, 6.45) is 2.07. The van der Waals surface area contributed by atoms with Gasteiger partial charge in [0.15, 0.2) is 11.5 Å². The third-order valence-electron chi connectivity index (χ3n) is 4.12. The number of hydrogen-bond donors (Lipinski definition) is 1. The second kappa shape index (κ2) is 6.02. The predicted molar refractivity (Wildman–Crippen MR) is 77.2 cm³/mol. The molecule has 1 saturated heterocycles. The van der Waals surface area contributed by atoms with E-state index >= 15 is 0 Å². The lowest BCUT2D eigenvalue weighted by Gasteiger charge is -2.32. The number of aliphatic hydroxyl groups is 1. The maximum atomic E-state index is 10.4. The molecule has 2 aliphatic heterocycles. The summed E-state index contributed by atoms with van der Waals surface area (Å²) in [7, 11) is 0. The highest BCUT2D eigenvalue weighted by Crippen LogP contribution is 2.33. The zero-order valence-electron chi connectivity index (χ0n) is 12.0. The quantitative estimate of drug-likeness (QED) is 0.920. The van der Waals surface area contributed by atoms with Gasteiger partial charge in [-0.05, 0) is 43.0 Å². The van der Waals surface area contributed by atoms with Gasteiger partial charge in [0.2, 0.25) is 0 Å². The van der Waals surface area contributed by atoms with Crippen LogP contribution in [0.15, 0.2) is 18.2 Å². The number of benzene rings is 1. The summed E-state index contributed by atoms with van der Waals surface area (Å²) in [5.74, 6) is 2.26. The van der Waals surface area contributed by atoms with Crippen molar-refractivity contribution in [2.45, 2.75) is 25.9 Å². The molecule has 1 fully saturated rings. The molecule has 2 atom stereocenters. The Hall–Kier alpha value is -1.26. The van der Waals surface area contributed by atoms with Crippen LogP contribution in [0, 0.1) is 5.92 Å². The summed E-state index contributed by atoms with van der Waals surface area (Å²) in [4.78, 5) is 2.36. The highest BCUT2D eigenvalue weighted by molar-refractivity contribution is 5.44. The Kier molecular flexibility index (Phi) is 4.13. The molecule has 0 spiro atoms. The van der Waals surface area contributed by atoms with Gasteiger partial charge in [-0.3, -0.25) is 0 Å². The van der Waals surface area contributed by atoms with E-state index in [1.165, 1.54) is 12.8 Å². The zero-order chi connectivity index (χ0) is 13.9. The van der Waals surface area contributed by atoms with Crippen molar-refractivity contribution in [1.29, 1.82) is 0 Å². The first-order valence-corrected chi connectivity index (χ1v) is 7.52. The van der Waals surface area contributed by atoms with E-state index in [0.717, 1.165) is 36.1 Å². The van der Waals surface area contributed by atoms with E-state index in [9.17, 15) is 5.11 Å². The Labute approximate surface area is 120 Å². The van der Waals surface area contributed by atoms with E-state index in [1.807, 2.05) is 18.2 Å². The van der Waals surface area contributed by atoms with Gasteiger partial charge in [-0.25, -0.2) is 0 Å². The van der Waals surface area contributed by atoms with Crippen LogP contribution >= 0.6 is 0 Å².